The number of carbonyl (C=O) groups is 1. The van der Waals surface area contributed by atoms with Crippen LogP contribution in [0.25, 0.3) is 0 Å². The number of aryl methyl sites for hydroxylation is 2. The van der Waals surface area contributed by atoms with Crippen molar-refractivity contribution in [2.24, 2.45) is 13.0 Å². The molecule has 0 spiro atoms. The van der Waals surface area contributed by atoms with Gasteiger partial charge in [-0.05, 0) is 18.8 Å². The smallest absolute Gasteiger partial charge is 0.328 e. The summed E-state index contributed by atoms with van der Waals surface area (Å²) in [6, 6.07) is 1.03. The summed E-state index contributed by atoms with van der Waals surface area (Å²) in [5.41, 5.74) is -0.105. The molecule has 0 saturated heterocycles. The minimum absolute atomic E-state index is 0.109. The van der Waals surface area contributed by atoms with Gasteiger partial charge in [0.1, 0.15) is 0 Å². The number of aromatic amines is 1. The Kier molecular flexibility index (Phi) is 4.84. The maximum Gasteiger partial charge on any atom is 0.328 e. The zero-order chi connectivity index (χ0) is 18.0. The Morgan fingerprint density at radius 1 is 1.48 bits per heavy atom. The number of hydrogen-bond donors (Lipinski definition) is 3. The summed E-state index contributed by atoms with van der Waals surface area (Å²) >= 11 is 0. The van der Waals surface area contributed by atoms with E-state index in [0.29, 0.717) is 12.8 Å². The third-order valence-electron chi connectivity index (χ3n) is 4.50. The van der Waals surface area contributed by atoms with E-state index in [9.17, 15) is 19.5 Å². The maximum atomic E-state index is 12.3. The third-order valence-corrected chi connectivity index (χ3v) is 4.50. The summed E-state index contributed by atoms with van der Waals surface area (Å²) in [7, 11) is 1.81. The van der Waals surface area contributed by atoms with E-state index in [1.165, 1.54) is 16.8 Å². The molecular weight excluding hydrogens is 326 g/mol. The number of aliphatic hydroxyl groups is 1. The van der Waals surface area contributed by atoms with Gasteiger partial charge in [-0.2, -0.15) is 5.10 Å². The molecule has 0 radical (unpaired) electrons. The molecule has 0 bridgehead atoms. The van der Waals surface area contributed by atoms with Gasteiger partial charge in [0.2, 0.25) is 5.91 Å². The van der Waals surface area contributed by atoms with Crippen molar-refractivity contribution in [3.63, 3.8) is 0 Å². The minimum Gasteiger partial charge on any atom is -0.393 e. The lowest BCUT2D eigenvalue weighted by molar-refractivity contribution is -0.123. The van der Waals surface area contributed by atoms with Crippen molar-refractivity contribution in [1.82, 2.24) is 24.6 Å². The summed E-state index contributed by atoms with van der Waals surface area (Å²) < 4.78 is 2.95. The number of nitrogens with one attached hydrogen (secondary N) is 2. The van der Waals surface area contributed by atoms with Gasteiger partial charge < -0.3 is 15.0 Å². The number of rotatable bonds is 6. The SMILES string of the molecule is Cn1cc([C@H](NC(=O)CCn2ccc(=O)[nH]c2=O)C2CC(O)C2)cn1. The molecule has 0 aromatic carbocycles. The molecular formula is C16H21N5O4. The molecule has 1 aliphatic rings. The maximum absolute atomic E-state index is 12.3. The summed E-state index contributed by atoms with van der Waals surface area (Å²) in [6.07, 6.45) is 6.00. The molecule has 1 saturated carbocycles. The molecule has 2 aromatic rings. The molecule has 1 fully saturated rings. The first-order valence-electron chi connectivity index (χ1n) is 8.18. The van der Waals surface area contributed by atoms with E-state index in [4.69, 9.17) is 0 Å². The van der Waals surface area contributed by atoms with Crippen molar-refractivity contribution in [3.05, 3.63) is 51.1 Å². The highest BCUT2D eigenvalue weighted by atomic mass is 16.3. The Labute approximate surface area is 143 Å². The number of amides is 1. The largest absolute Gasteiger partial charge is 0.393 e. The van der Waals surface area contributed by atoms with Crippen LogP contribution in [0.1, 0.15) is 30.9 Å². The number of nitrogens with zero attached hydrogens (tertiary/aromatic N) is 3. The Morgan fingerprint density at radius 2 is 2.24 bits per heavy atom. The molecule has 1 aliphatic carbocycles. The first kappa shape index (κ1) is 17.2. The van der Waals surface area contributed by atoms with Crippen LogP contribution in [-0.4, -0.2) is 36.4 Å². The van der Waals surface area contributed by atoms with E-state index in [2.05, 4.69) is 15.4 Å². The Hall–Kier alpha value is -2.68. The molecule has 0 unspecified atom stereocenters. The predicted octanol–water partition coefficient (Wildman–Crippen LogP) is -0.711. The first-order chi connectivity index (χ1) is 11.9. The van der Waals surface area contributed by atoms with Gasteiger partial charge in [0.05, 0.1) is 18.3 Å². The lowest BCUT2D eigenvalue weighted by Gasteiger charge is -2.37. The average molecular weight is 347 g/mol. The number of H-pyrrole nitrogens is 1. The molecule has 3 N–H and O–H groups in total. The van der Waals surface area contributed by atoms with Gasteiger partial charge >= 0.3 is 5.69 Å². The molecule has 3 rings (SSSR count). The fourth-order valence-corrected chi connectivity index (χ4v) is 3.06. The average Bonchev–Trinajstić information content (AvgIpc) is 2.95. The Balaban J connectivity index is 1.64. The number of aliphatic hydroxyl groups excluding tert-OH is 1. The lowest BCUT2D eigenvalue weighted by Crippen LogP contribution is -2.41. The molecule has 2 heterocycles. The molecule has 9 heteroatoms. The lowest BCUT2D eigenvalue weighted by atomic mass is 9.75. The second-order valence-corrected chi connectivity index (χ2v) is 6.43. The van der Waals surface area contributed by atoms with Crippen LogP contribution >= 0.6 is 0 Å². The molecule has 0 aliphatic heterocycles. The van der Waals surface area contributed by atoms with Gasteiger partial charge in [0.25, 0.3) is 5.56 Å². The highest BCUT2D eigenvalue weighted by Crippen LogP contribution is 2.37. The summed E-state index contributed by atoms with van der Waals surface area (Å²) in [4.78, 5) is 37.2. The summed E-state index contributed by atoms with van der Waals surface area (Å²) in [5.74, 6) is -0.0349. The molecule has 25 heavy (non-hydrogen) atoms. The second kappa shape index (κ2) is 7.06. The number of carbonyl (C=O) groups excluding carboxylic acids is 1. The number of aromatic nitrogens is 4. The van der Waals surface area contributed by atoms with Gasteiger partial charge in [0, 0.05) is 44.0 Å². The predicted molar refractivity (Wildman–Crippen MR) is 88.8 cm³/mol. The fraction of sp³-hybridized carbons (Fsp3) is 0.500. The molecule has 134 valence electrons. The van der Waals surface area contributed by atoms with Crippen molar-refractivity contribution in [1.29, 1.82) is 0 Å². The van der Waals surface area contributed by atoms with Gasteiger partial charge in [-0.3, -0.25) is 19.3 Å². The van der Waals surface area contributed by atoms with E-state index < -0.39 is 11.2 Å². The zero-order valence-electron chi connectivity index (χ0n) is 13.9. The van der Waals surface area contributed by atoms with Crippen LogP contribution in [0.4, 0.5) is 0 Å². The van der Waals surface area contributed by atoms with Crippen LogP contribution in [0.15, 0.2) is 34.2 Å². The van der Waals surface area contributed by atoms with Crippen LogP contribution < -0.4 is 16.6 Å². The summed E-state index contributed by atoms with van der Waals surface area (Å²) in [6.45, 7) is 0.175. The van der Waals surface area contributed by atoms with E-state index in [0.717, 1.165) is 5.56 Å². The van der Waals surface area contributed by atoms with Crippen LogP contribution in [0.2, 0.25) is 0 Å². The van der Waals surface area contributed by atoms with Crippen LogP contribution in [0, 0.1) is 5.92 Å². The van der Waals surface area contributed by atoms with Crippen LogP contribution in [0.5, 0.6) is 0 Å². The van der Waals surface area contributed by atoms with Crippen LogP contribution in [-0.2, 0) is 18.4 Å². The van der Waals surface area contributed by atoms with Crippen LogP contribution in [0.3, 0.4) is 0 Å². The highest BCUT2D eigenvalue weighted by molar-refractivity contribution is 5.76. The minimum atomic E-state index is -0.536. The molecule has 9 nitrogen and oxygen atoms in total. The molecule has 1 amide bonds. The zero-order valence-corrected chi connectivity index (χ0v) is 13.9. The monoisotopic (exact) mass is 347 g/mol. The Bertz CT molecular complexity index is 862. The normalized spacial score (nSPS) is 20.7. The fourth-order valence-electron chi connectivity index (χ4n) is 3.06. The topological polar surface area (TPSA) is 122 Å². The van der Waals surface area contributed by atoms with Crippen molar-refractivity contribution in [2.75, 3.05) is 0 Å². The van der Waals surface area contributed by atoms with Gasteiger partial charge in [0.15, 0.2) is 0 Å². The highest BCUT2D eigenvalue weighted by Gasteiger charge is 2.36. The van der Waals surface area contributed by atoms with E-state index >= 15 is 0 Å². The van der Waals surface area contributed by atoms with Crippen molar-refractivity contribution in [3.8, 4) is 0 Å². The number of hydrogen-bond acceptors (Lipinski definition) is 5. The van der Waals surface area contributed by atoms with Crippen molar-refractivity contribution in [2.45, 2.75) is 38.0 Å². The van der Waals surface area contributed by atoms with Crippen molar-refractivity contribution >= 4 is 5.91 Å². The van der Waals surface area contributed by atoms with Gasteiger partial charge in [-0.1, -0.05) is 0 Å². The van der Waals surface area contributed by atoms with E-state index in [1.807, 2.05) is 6.20 Å². The van der Waals surface area contributed by atoms with E-state index in [1.54, 1.807) is 17.9 Å². The molecule has 2 aromatic heterocycles. The first-order valence-corrected chi connectivity index (χ1v) is 8.18. The standard InChI is InChI=1S/C16H21N5O4/c1-20-9-11(8-17-20)15(10-6-12(22)7-10)18-13(23)2-4-21-5-3-14(24)19-16(21)25/h3,5,8-10,12,15,22H,2,4,6-7H2,1H3,(H,18,23)(H,19,24,25)/t10?,12?,15-/m1/s1. The second-order valence-electron chi connectivity index (χ2n) is 6.43. The summed E-state index contributed by atoms with van der Waals surface area (Å²) in [5, 5.41) is 16.7. The Morgan fingerprint density at radius 3 is 2.84 bits per heavy atom. The quantitative estimate of drug-likeness (QED) is 0.637. The third kappa shape index (κ3) is 4.05. The van der Waals surface area contributed by atoms with Gasteiger partial charge in [-0.15, -0.1) is 0 Å². The van der Waals surface area contributed by atoms with E-state index in [-0.39, 0.29) is 36.9 Å². The molecule has 1 atom stereocenters. The van der Waals surface area contributed by atoms with Crippen molar-refractivity contribution < 1.29 is 9.90 Å². The van der Waals surface area contributed by atoms with Gasteiger partial charge in [-0.25, -0.2) is 4.79 Å².